The van der Waals surface area contributed by atoms with Crippen LogP contribution in [-0.2, 0) is 4.74 Å². The summed E-state index contributed by atoms with van der Waals surface area (Å²) in [5.41, 5.74) is 0.899. The van der Waals surface area contributed by atoms with E-state index in [1.807, 2.05) is 12.1 Å². The second kappa shape index (κ2) is 7.56. The molecule has 0 saturated heterocycles. The molecule has 110 valence electrons. The maximum Gasteiger partial charge on any atom is 0.321 e. The number of hydrogen-bond donors (Lipinski definition) is 2. The lowest BCUT2D eigenvalue weighted by atomic mass is 10.1. The first-order valence-electron chi connectivity index (χ1n) is 6.28. The summed E-state index contributed by atoms with van der Waals surface area (Å²) >= 11 is 5.86. The van der Waals surface area contributed by atoms with Gasteiger partial charge in [-0.1, -0.05) is 23.7 Å². The normalized spacial score (nSPS) is 11.7. The van der Waals surface area contributed by atoms with Gasteiger partial charge in [0.05, 0.1) is 12.6 Å². The van der Waals surface area contributed by atoms with Gasteiger partial charge in [-0.05, 0) is 29.8 Å². The summed E-state index contributed by atoms with van der Waals surface area (Å²) < 4.78 is 5.14. The minimum atomic E-state index is -0.382. The Hall–Kier alpha value is -2.18. The molecule has 0 aliphatic carbocycles. The SMILES string of the molecule is COC[C@H](NC(=O)Nc1cccnn1)c1ccc(Cl)cc1. The van der Waals surface area contributed by atoms with E-state index < -0.39 is 0 Å². The van der Waals surface area contributed by atoms with Gasteiger partial charge in [-0.3, -0.25) is 5.32 Å². The third-order valence-corrected chi connectivity index (χ3v) is 2.98. The molecule has 21 heavy (non-hydrogen) atoms. The largest absolute Gasteiger partial charge is 0.382 e. The lowest BCUT2D eigenvalue weighted by molar-refractivity contribution is 0.168. The van der Waals surface area contributed by atoms with Crippen molar-refractivity contribution in [1.29, 1.82) is 0 Å². The molecule has 0 spiro atoms. The Morgan fingerprint density at radius 2 is 2.10 bits per heavy atom. The Kier molecular flexibility index (Phi) is 5.48. The number of methoxy groups -OCH3 is 1. The number of carbonyl (C=O) groups is 1. The third-order valence-electron chi connectivity index (χ3n) is 2.72. The summed E-state index contributed by atoms with van der Waals surface area (Å²) in [4.78, 5) is 12.0. The number of nitrogens with zero attached hydrogens (tertiary/aromatic N) is 2. The van der Waals surface area contributed by atoms with Gasteiger partial charge >= 0.3 is 6.03 Å². The predicted molar refractivity (Wildman–Crippen MR) is 80.3 cm³/mol. The second-order valence-electron chi connectivity index (χ2n) is 4.27. The first kappa shape index (κ1) is 15.2. The molecule has 2 rings (SSSR count). The van der Waals surface area contributed by atoms with Gasteiger partial charge < -0.3 is 10.1 Å². The quantitative estimate of drug-likeness (QED) is 0.890. The highest BCUT2D eigenvalue weighted by Crippen LogP contribution is 2.17. The van der Waals surface area contributed by atoms with E-state index in [1.165, 1.54) is 6.20 Å². The summed E-state index contributed by atoms with van der Waals surface area (Å²) in [7, 11) is 1.57. The van der Waals surface area contributed by atoms with Gasteiger partial charge in [0.1, 0.15) is 0 Å². The maximum absolute atomic E-state index is 12.0. The highest BCUT2D eigenvalue weighted by Gasteiger charge is 2.14. The van der Waals surface area contributed by atoms with Crippen LogP contribution in [0.2, 0.25) is 5.02 Å². The van der Waals surface area contributed by atoms with Crippen LogP contribution < -0.4 is 10.6 Å². The van der Waals surface area contributed by atoms with Crippen LogP contribution in [0, 0.1) is 0 Å². The number of ether oxygens (including phenoxy) is 1. The molecule has 0 saturated carbocycles. The molecular weight excluding hydrogens is 292 g/mol. The summed E-state index contributed by atoms with van der Waals surface area (Å²) in [5.74, 6) is 0.377. The highest BCUT2D eigenvalue weighted by atomic mass is 35.5. The molecule has 0 aliphatic rings. The minimum Gasteiger partial charge on any atom is -0.382 e. The van der Waals surface area contributed by atoms with Crippen LogP contribution >= 0.6 is 11.6 Å². The average Bonchev–Trinajstić information content (AvgIpc) is 2.48. The van der Waals surface area contributed by atoms with Crippen molar-refractivity contribution in [2.75, 3.05) is 19.0 Å². The Balaban J connectivity index is 2.02. The lowest BCUT2D eigenvalue weighted by Gasteiger charge is -2.18. The summed E-state index contributed by atoms with van der Waals surface area (Å²) in [6.45, 7) is 0.343. The van der Waals surface area contributed by atoms with Gasteiger partial charge in [-0.25, -0.2) is 4.79 Å². The number of halogens is 1. The number of rotatable bonds is 5. The molecule has 6 nitrogen and oxygen atoms in total. The van der Waals surface area contributed by atoms with Crippen molar-refractivity contribution >= 4 is 23.4 Å². The molecule has 1 aromatic heterocycles. The summed E-state index contributed by atoms with van der Waals surface area (Å²) in [6, 6.07) is 9.89. The lowest BCUT2D eigenvalue weighted by Crippen LogP contribution is -2.35. The maximum atomic E-state index is 12.0. The Bertz CT molecular complexity index is 577. The molecule has 0 fully saturated rings. The van der Waals surface area contributed by atoms with Crippen molar-refractivity contribution in [1.82, 2.24) is 15.5 Å². The second-order valence-corrected chi connectivity index (χ2v) is 4.70. The molecule has 2 amide bonds. The van der Waals surface area contributed by atoms with Crippen LogP contribution in [0.4, 0.5) is 10.6 Å². The van der Waals surface area contributed by atoms with Crippen molar-refractivity contribution in [2.24, 2.45) is 0 Å². The van der Waals surface area contributed by atoms with E-state index in [0.717, 1.165) is 5.56 Å². The number of carbonyl (C=O) groups excluding carboxylic acids is 1. The Morgan fingerprint density at radius 3 is 2.71 bits per heavy atom. The van der Waals surface area contributed by atoms with E-state index in [1.54, 1.807) is 31.4 Å². The third kappa shape index (κ3) is 4.70. The van der Waals surface area contributed by atoms with Crippen molar-refractivity contribution in [3.8, 4) is 0 Å². The molecule has 1 heterocycles. The fourth-order valence-electron chi connectivity index (χ4n) is 1.76. The van der Waals surface area contributed by atoms with Gasteiger partial charge in [0.2, 0.25) is 0 Å². The fraction of sp³-hybridized carbons (Fsp3) is 0.214. The Morgan fingerprint density at radius 1 is 1.33 bits per heavy atom. The molecule has 1 atom stereocenters. The average molecular weight is 307 g/mol. The van der Waals surface area contributed by atoms with Gasteiger partial charge in [0.25, 0.3) is 0 Å². The van der Waals surface area contributed by atoms with Crippen LogP contribution in [0.5, 0.6) is 0 Å². The summed E-state index contributed by atoms with van der Waals surface area (Å²) in [5, 5.41) is 13.5. The smallest absolute Gasteiger partial charge is 0.321 e. The van der Waals surface area contributed by atoms with Gasteiger partial charge in [-0.2, -0.15) is 5.10 Å². The van der Waals surface area contributed by atoms with Crippen LogP contribution in [0.1, 0.15) is 11.6 Å². The number of urea groups is 1. The zero-order valence-corrected chi connectivity index (χ0v) is 12.2. The number of nitrogens with one attached hydrogen (secondary N) is 2. The first-order chi connectivity index (χ1) is 10.2. The van der Waals surface area contributed by atoms with Gasteiger partial charge in [-0.15, -0.1) is 5.10 Å². The molecule has 1 aromatic carbocycles. The highest BCUT2D eigenvalue weighted by molar-refractivity contribution is 6.30. The number of hydrogen-bond acceptors (Lipinski definition) is 4. The zero-order valence-electron chi connectivity index (χ0n) is 11.4. The minimum absolute atomic E-state index is 0.288. The van der Waals surface area contributed by atoms with E-state index in [4.69, 9.17) is 16.3 Å². The van der Waals surface area contributed by atoms with Crippen molar-refractivity contribution in [2.45, 2.75) is 6.04 Å². The number of amides is 2. The van der Waals surface area contributed by atoms with Crippen molar-refractivity contribution in [3.05, 3.63) is 53.2 Å². The molecule has 2 N–H and O–H groups in total. The molecule has 0 aliphatic heterocycles. The fourth-order valence-corrected chi connectivity index (χ4v) is 1.89. The van der Waals surface area contributed by atoms with Crippen molar-refractivity contribution in [3.63, 3.8) is 0 Å². The standard InChI is InChI=1S/C14H15ClN4O2/c1-21-9-12(10-4-6-11(15)7-5-10)17-14(20)18-13-3-2-8-16-19-13/h2-8,12H,9H2,1H3,(H2,17,18,19,20)/t12-/m0/s1. The molecule has 0 bridgehead atoms. The summed E-state index contributed by atoms with van der Waals surface area (Å²) in [6.07, 6.45) is 1.53. The molecular formula is C14H15ClN4O2. The van der Waals surface area contributed by atoms with Crippen LogP contribution in [0.25, 0.3) is 0 Å². The Labute approximate surface area is 127 Å². The van der Waals surface area contributed by atoms with Gasteiger partial charge in [0, 0.05) is 18.3 Å². The number of aromatic nitrogens is 2. The molecule has 0 unspecified atom stereocenters. The molecule has 7 heteroatoms. The molecule has 2 aromatic rings. The van der Waals surface area contributed by atoms with Crippen LogP contribution in [-0.4, -0.2) is 29.9 Å². The van der Waals surface area contributed by atoms with Gasteiger partial charge in [0.15, 0.2) is 5.82 Å². The first-order valence-corrected chi connectivity index (χ1v) is 6.66. The number of anilines is 1. The van der Waals surface area contributed by atoms with Crippen LogP contribution in [0.3, 0.4) is 0 Å². The zero-order chi connectivity index (χ0) is 15.1. The van der Waals surface area contributed by atoms with E-state index in [9.17, 15) is 4.79 Å². The molecule has 0 radical (unpaired) electrons. The van der Waals surface area contributed by atoms with Crippen LogP contribution in [0.15, 0.2) is 42.6 Å². The van der Waals surface area contributed by atoms with E-state index in [-0.39, 0.29) is 12.1 Å². The van der Waals surface area contributed by atoms with E-state index in [2.05, 4.69) is 20.8 Å². The van der Waals surface area contributed by atoms with Crippen molar-refractivity contribution < 1.29 is 9.53 Å². The number of benzene rings is 1. The van der Waals surface area contributed by atoms with E-state index in [0.29, 0.717) is 17.4 Å². The monoisotopic (exact) mass is 306 g/mol. The predicted octanol–water partition coefficient (Wildman–Crippen LogP) is 2.64. The topological polar surface area (TPSA) is 76.1 Å². The van der Waals surface area contributed by atoms with E-state index >= 15 is 0 Å².